The van der Waals surface area contributed by atoms with Crippen LogP contribution in [0.2, 0.25) is 0 Å². The first-order chi connectivity index (χ1) is 21.9. The minimum absolute atomic E-state index is 0.0180. The normalized spacial score (nSPS) is 30.7. The number of Topliss-reactive ketones (excluding diaryl/α,β-unsaturated/α-hetero) is 1. The number of carbonyl (C=O) groups excluding carboxylic acids is 1. The van der Waals surface area contributed by atoms with Crippen LogP contribution < -0.4 is 11.1 Å². The molecule has 246 valence electrons. The number of halogens is 1. The van der Waals surface area contributed by atoms with Gasteiger partial charge in [-0.25, -0.2) is 4.39 Å². The summed E-state index contributed by atoms with van der Waals surface area (Å²) in [5.41, 5.74) is 8.79. The summed E-state index contributed by atoms with van der Waals surface area (Å²) in [6.07, 6.45) is 14.1. The second kappa shape index (κ2) is 15.1. The van der Waals surface area contributed by atoms with Gasteiger partial charge in [0.2, 0.25) is 0 Å². The van der Waals surface area contributed by atoms with Crippen molar-refractivity contribution in [2.75, 3.05) is 32.7 Å². The number of piperazine rings is 1. The molecular weight excluding hydrogens is 561 g/mol. The topological polar surface area (TPSA) is 74.5 Å². The van der Waals surface area contributed by atoms with E-state index in [1.807, 2.05) is 6.20 Å². The van der Waals surface area contributed by atoms with Gasteiger partial charge in [-0.05, 0) is 127 Å². The number of nitrogens with one attached hydrogen (secondary N) is 1. The maximum Gasteiger partial charge on any atom is 0.136 e. The zero-order valence-electron chi connectivity index (χ0n) is 27.5. The van der Waals surface area contributed by atoms with Crippen LogP contribution in [0.1, 0.15) is 113 Å². The van der Waals surface area contributed by atoms with Crippen molar-refractivity contribution >= 4 is 5.78 Å². The number of rotatable bonds is 14. The molecule has 1 aromatic heterocycles. The Kier molecular flexibility index (Phi) is 11.0. The van der Waals surface area contributed by atoms with Crippen LogP contribution in [0.5, 0.6) is 0 Å². The van der Waals surface area contributed by atoms with Crippen molar-refractivity contribution < 1.29 is 9.18 Å². The van der Waals surface area contributed by atoms with Gasteiger partial charge in [-0.1, -0.05) is 36.4 Å². The molecule has 1 unspecified atom stereocenters. The molecule has 2 saturated heterocycles. The van der Waals surface area contributed by atoms with E-state index in [0.29, 0.717) is 62.1 Å². The Bertz CT molecular complexity index is 1230. The van der Waals surface area contributed by atoms with Crippen LogP contribution in [0.3, 0.4) is 0 Å². The number of aromatic nitrogens is 1. The molecular formula is C38H56FN5O. The quantitative estimate of drug-likeness (QED) is 0.241. The van der Waals surface area contributed by atoms with E-state index in [0.717, 1.165) is 58.4 Å². The van der Waals surface area contributed by atoms with Crippen LogP contribution in [0.25, 0.3) is 0 Å². The van der Waals surface area contributed by atoms with Crippen molar-refractivity contribution in [1.82, 2.24) is 20.1 Å². The summed E-state index contributed by atoms with van der Waals surface area (Å²) in [6, 6.07) is 16.9. The number of hydrogen-bond acceptors (Lipinski definition) is 6. The largest absolute Gasteiger partial charge is 0.330 e. The summed E-state index contributed by atoms with van der Waals surface area (Å²) < 4.78 is 14.5. The highest BCUT2D eigenvalue weighted by Gasteiger charge is 2.43. The van der Waals surface area contributed by atoms with Gasteiger partial charge in [0, 0.05) is 49.8 Å². The standard InChI is InChI=1S/C38H56FN5O/c1-38(39)19-16-29(17-20-38)36(45)25-31(28-9-3-2-4-10-28)18-24-44-32-14-15-34(44)33(42-26-32)27-43(23-6-5-21-40)35-13-7-11-30-12-8-22-41-37(30)35/h2-4,8-10,12,22,29,31-35,42H,5-7,11,13-21,23-27,40H2,1H3/t29?,31-,32+,33-,34-,35?,38?/m1/s1. The number of benzene rings is 1. The van der Waals surface area contributed by atoms with E-state index < -0.39 is 5.67 Å². The molecule has 3 fully saturated rings. The van der Waals surface area contributed by atoms with Crippen molar-refractivity contribution in [3.63, 3.8) is 0 Å². The van der Waals surface area contributed by atoms with Crippen LogP contribution in [-0.2, 0) is 11.2 Å². The molecule has 1 saturated carbocycles. The fraction of sp³-hybridized carbons (Fsp3) is 0.684. The Morgan fingerprint density at radius 3 is 2.73 bits per heavy atom. The van der Waals surface area contributed by atoms with Crippen molar-refractivity contribution in [1.29, 1.82) is 0 Å². The molecule has 6 nitrogen and oxygen atoms in total. The highest BCUT2D eigenvalue weighted by molar-refractivity contribution is 5.82. The molecule has 2 aliphatic carbocycles. The Labute approximate surface area is 270 Å². The number of unbranched alkanes of at least 4 members (excludes halogenated alkanes) is 1. The first-order valence-electron chi connectivity index (χ1n) is 18.1. The summed E-state index contributed by atoms with van der Waals surface area (Å²) in [7, 11) is 0. The van der Waals surface area contributed by atoms with Crippen LogP contribution in [0.4, 0.5) is 4.39 Å². The average molecular weight is 618 g/mol. The molecule has 1 aromatic carbocycles. The van der Waals surface area contributed by atoms with Crippen molar-refractivity contribution in [2.45, 2.75) is 126 Å². The van der Waals surface area contributed by atoms with Crippen molar-refractivity contribution in [3.05, 3.63) is 65.5 Å². The van der Waals surface area contributed by atoms with Gasteiger partial charge in [-0.3, -0.25) is 19.6 Å². The summed E-state index contributed by atoms with van der Waals surface area (Å²) in [6.45, 7) is 6.60. The molecule has 0 spiro atoms. The van der Waals surface area contributed by atoms with E-state index in [1.54, 1.807) is 6.92 Å². The van der Waals surface area contributed by atoms with Crippen LogP contribution in [0, 0.1) is 5.92 Å². The first-order valence-corrected chi connectivity index (χ1v) is 18.1. The smallest absolute Gasteiger partial charge is 0.136 e. The predicted molar refractivity (Wildman–Crippen MR) is 180 cm³/mol. The molecule has 6 rings (SSSR count). The Morgan fingerprint density at radius 2 is 1.93 bits per heavy atom. The van der Waals surface area contributed by atoms with Gasteiger partial charge in [0.15, 0.2) is 0 Å². The van der Waals surface area contributed by atoms with Gasteiger partial charge in [-0.15, -0.1) is 0 Å². The van der Waals surface area contributed by atoms with Crippen LogP contribution in [0.15, 0.2) is 48.7 Å². The molecule has 5 atom stereocenters. The highest BCUT2D eigenvalue weighted by atomic mass is 19.1. The molecule has 3 heterocycles. The lowest BCUT2D eigenvalue weighted by Gasteiger charge is -2.45. The number of ketones is 1. The fourth-order valence-electron chi connectivity index (χ4n) is 8.97. The van der Waals surface area contributed by atoms with Crippen molar-refractivity contribution in [3.8, 4) is 0 Å². The second-order valence-electron chi connectivity index (χ2n) is 14.8. The van der Waals surface area contributed by atoms with Gasteiger partial charge in [0.05, 0.1) is 11.7 Å². The lowest BCUT2D eigenvalue weighted by Crippen LogP contribution is -2.61. The highest BCUT2D eigenvalue weighted by Crippen LogP contribution is 2.39. The maximum atomic E-state index is 14.5. The molecule has 0 amide bonds. The molecule has 2 aromatic rings. The van der Waals surface area contributed by atoms with E-state index in [4.69, 9.17) is 10.7 Å². The van der Waals surface area contributed by atoms with E-state index >= 15 is 0 Å². The number of hydrogen-bond donors (Lipinski definition) is 2. The number of alkyl halides is 1. The minimum Gasteiger partial charge on any atom is -0.330 e. The van der Waals surface area contributed by atoms with Gasteiger partial charge in [0.25, 0.3) is 0 Å². The van der Waals surface area contributed by atoms with E-state index in [9.17, 15) is 9.18 Å². The summed E-state index contributed by atoms with van der Waals surface area (Å²) in [5, 5.41) is 3.98. The lowest BCUT2D eigenvalue weighted by molar-refractivity contribution is -0.125. The maximum absolute atomic E-state index is 14.5. The monoisotopic (exact) mass is 617 g/mol. The summed E-state index contributed by atoms with van der Waals surface area (Å²) in [4.78, 5) is 24.0. The molecule has 45 heavy (non-hydrogen) atoms. The number of pyridine rings is 1. The SMILES string of the molecule is CC1(F)CCC(C(=O)C[C@@H](CCN2[C@H]3CC[C@@H]2[C@@H](CN(CCCCN)C2CCCc4cccnc42)NC3)c2ccccc2)CC1. The number of nitrogens with two attached hydrogens (primary N) is 1. The van der Waals surface area contributed by atoms with E-state index in [1.165, 1.54) is 42.5 Å². The second-order valence-corrected chi connectivity index (χ2v) is 14.8. The predicted octanol–water partition coefficient (Wildman–Crippen LogP) is 6.36. The Morgan fingerprint density at radius 1 is 1.11 bits per heavy atom. The van der Waals surface area contributed by atoms with E-state index in [2.05, 4.69) is 57.6 Å². The third-order valence-electron chi connectivity index (χ3n) is 11.6. The van der Waals surface area contributed by atoms with Crippen LogP contribution >= 0.6 is 0 Å². The van der Waals surface area contributed by atoms with Gasteiger partial charge in [-0.2, -0.15) is 0 Å². The molecule has 2 aliphatic heterocycles. The molecule has 2 bridgehead atoms. The number of fused-ring (bicyclic) bond motifs is 3. The average Bonchev–Trinajstić information content (AvgIpc) is 3.35. The molecule has 4 aliphatic rings. The number of carbonyl (C=O) groups is 1. The Hall–Kier alpha value is -2.19. The zero-order chi connectivity index (χ0) is 31.2. The van der Waals surface area contributed by atoms with E-state index in [-0.39, 0.29) is 11.8 Å². The molecule has 3 N–H and O–H groups in total. The zero-order valence-corrected chi connectivity index (χ0v) is 27.5. The van der Waals surface area contributed by atoms with Gasteiger partial charge in [0.1, 0.15) is 11.5 Å². The fourth-order valence-corrected chi connectivity index (χ4v) is 8.97. The third-order valence-corrected chi connectivity index (χ3v) is 11.6. The first kappa shape index (κ1) is 32.7. The number of nitrogens with zero attached hydrogens (tertiary/aromatic N) is 3. The van der Waals surface area contributed by atoms with Crippen LogP contribution in [-0.4, -0.2) is 77.1 Å². The molecule has 0 radical (unpaired) electrons. The Balaban J connectivity index is 1.13. The number of aryl methyl sites for hydroxylation is 1. The summed E-state index contributed by atoms with van der Waals surface area (Å²) in [5.74, 6) is 0.571. The summed E-state index contributed by atoms with van der Waals surface area (Å²) >= 11 is 0. The molecule has 7 heteroatoms. The lowest BCUT2D eigenvalue weighted by atomic mass is 9.76. The van der Waals surface area contributed by atoms with Gasteiger partial charge >= 0.3 is 0 Å². The van der Waals surface area contributed by atoms with Gasteiger partial charge < -0.3 is 11.1 Å². The van der Waals surface area contributed by atoms with Crippen molar-refractivity contribution in [2.24, 2.45) is 11.7 Å². The third kappa shape index (κ3) is 8.04. The minimum atomic E-state index is -1.11.